The highest BCUT2D eigenvalue weighted by Gasteiger charge is 2.46. The SMILES string of the molecule is Nc1ccc(N2CCC3(CCCC(=O)NC3=O)C2)c(F)c1. The minimum absolute atomic E-state index is 0.214. The number of carbonyl (C=O) groups is 2. The van der Waals surface area contributed by atoms with Crippen molar-refractivity contribution in [1.82, 2.24) is 5.32 Å². The van der Waals surface area contributed by atoms with E-state index in [2.05, 4.69) is 5.32 Å². The molecule has 6 heteroatoms. The fraction of sp³-hybridized carbons (Fsp3) is 0.467. The van der Waals surface area contributed by atoms with Crippen molar-refractivity contribution in [3.63, 3.8) is 0 Å². The molecule has 3 N–H and O–H groups in total. The van der Waals surface area contributed by atoms with E-state index in [4.69, 9.17) is 5.73 Å². The Morgan fingerprint density at radius 2 is 2.10 bits per heavy atom. The van der Waals surface area contributed by atoms with Gasteiger partial charge in [-0.25, -0.2) is 4.39 Å². The van der Waals surface area contributed by atoms with Crippen molar-refractivity contribution in [2.75, 3.05) is 23.7 Å². The molecule has 2 fully saturated rings. The van der Waals surface area contributed by atoms with Gasteiger partial charge in [0.15, 0.2) is 0 Å². The van der Waals surface area contributed by atoms with Gasteiger partial charge in [0, 0.05) is 25.2 Å². The van der Waals surface area contributed by atoms with Crippen LogP contribution in [0.2, 0.25) is 0 Å². The predicted molar refractivity (Wildman–Crippen MR) is 77.1 cm³/mol. The van der Waals surface area contributed by atoms with Crippen molar-refractivity contribution >= 4 is 23.2 Å². The quantitative estimate of drug-likeness (QED) is 0.606. The van der Waals surface area contributed by atoms with Crippen molar-refractivity contribution in [3.05, 3.63) is 24.0 Å². The van der Waals surface area contributed by atoms with E-state index in [1.165, 1.54) is 6.07 Å². The van der Waals surface area contributed by atoms with Crippen LogP contribution >= 0.6 is 0 Å². The number of halogens is 1. The highest BCUT2D eigenvalue weighted by molar-refractivity contribution is 5.99. The molecule has 1 spiro atoms. The summed E-state index contributed by atoms with van der Waals surface area (Å²) >= 11 is 0. The molecule has 5 nitrogen and oxygen atoms in total. The predicted octanol–water partition coefficient (Wildman–Crippen LogP) is 1.43. The lowest BCUT2D eigenvalue weighted by Gasteiger charge is -2.26. The summed E-state index contributed by atoms with van der Waals surface area (Å²) in [6.45, 7) is 1.04. The first-order valence-electron chi connectivity index (χ1n) is 7.14. The van der Waals surface area contributed by atoms with Crippen LogP contribution in [-0.4, -0.2) is 24.9 Å². The number of nitrogens with zero attached hydrogens (tertiary/aromatic N) is 1. The molecular formula is C15H18FN3O2. The molecule has 1 aromatic carbocycles. The van der Waals surface area contributed by atoms with Crippen LogP contribution in [0.1, 0.15) is 25.7 Å². The molecular weight excluding hydrogens is 273 g/mol. The third-order valence-corrected chi connectivity index (χ3v) is 4.46. The van der Waals surface area contributed by atoms with Crippen LogP contribution < -0.4 is 16.0 Å². The molecule has 3 rings (SSSR count). The topological polar surface area (TPSA) is 75.4 Å². The van der Waals surface area contributed by atoms with Crippen LogP contribution in [0.3, 0.4) is 0 Å². The van der Waals surface area contributed by atoms with E-state index in [0.717, 1.165) is 0 Å². The summed E-state index contributed by atoms with van der Waals surface area (Å²) in [5.74, 6) is -0.811. The average Bonchev–Trinajstić information content (AvgIpc) is 2.78. The molecule has 112 valence electrons. The summed E-state index contributed by atoms with van der Waals surface area (Å²) in [6, 6.07) is 4.58. The molecule has 0 aliphatic carbocycles. The minimum atomic E-state index is -0.583. The van der Waals surface area contributed by atoms with Gasteiger partial charge < -0.3 is 10.6 Å². The molecule has 2 aliphatic rings. The molecule has 0 bridgehead atoms. The normalized spacial score (nSPS) is 26.0. The van der Waals surface area contributed by atoms with E-state index in [1.54, 1.807) is 12.1 Å². The number of nitrogen functional groups attached to an aromatic ring is 1. The van der Waals surface area contributed by atoms with E-state index >= 15 is 0 Å². The maximum Gasteiger partial charge on any atom is 0.234 e. The third-order valence-electron chi connectivity index (χ3n) is 4.46. The van der Waals surface area contributed by atoms with E-state index in [1.807, 2.05) is 4.90 Å². The number of rotatable bonds is 1. The standard InChI is InChI=1S/C15H18FN3O2/c16-11-8-10(17)3-4-12(11)19-7-6-15(9-19)5-1-2-13(20)18-14(15)21/h3-4,8H,1-2,5-7,9,17H2,(H,18,20,21). The number of hydrogen-bond acceptors (Lipinski definition) is 4. The molecule has 21 heavy (non-hydrogen) atoms. The maximum absolute atomic E-state index is 14.0. The fourth-order valence-corrected chi connectivity index (χ4v) is 3.27. The summed E-state index contributed by atoms with van der Waals surface area (Å²) in [5.41, 5.74) is 5.82. The Hall–Kier alpha value is -2.11. The van der Waals surface area contributed by atoms with Gasteiger partial charge in [-0.1, -0.05) is 0 Å². The average molecular weight is 291 g/mol. The molecule has 0 saturated carbocycles. The smallest absolute Gasteiger partial charge is 0.234 e. The largest absolute Gasteiger partial charge is 0.399 e. The van der Waals surface area contributed by atoms with E-state index < -0.39 is 5.41 Å². The van der Waals surface area contributed by atoms with Crippen LogP contribution in [-0.2, 0) is 9.59 Å². The summed E-state index contributed by atoms with van der Waals surface area (Å²) in [7, 11) is 0. The van der Waals surface area contributed by atoms with Gasteiger partial charge in [0.2, 0.25) is 11.8 Å². The fourth-order valence-electron chi connectivity index (χ4n) is 3.27. The van der Waals surface area contributed by atoms with Gasteiger partial charge in [-0.3, -0.25) is 14.9 Å². The summed E-state index contributed by atoms with van der Waals surface area (Å²) in [4.78, 5) is 25.6. The van der Waals surface area contributed by atoms with Crippen LogP contribution in [0.5, 0.6) is 0 Å². The van der Waals surface area contributed by atoms with Gasteiger partial charge in [-0.15, -0.1) is 0 Å². The highest BCUT2D eigenvalue weighted by Crippen LogP contribution is 2.40. The number of carbonyl (C=O) groups excluding carboxylic acids is 2. The molecule has 2 amide bonds. The van der Waals surface area contributed by atoms with Gasteiger partial charge in [-0.2, -0.15) is 0 Å². The second-order valence-electron chi connectivity index (χ2n) is 5.89. The first kappa shape index (κ1) is 13.9. The number of nitrogens with one attached hydrogen (secondary N) is 1. The lowest BCUT2D eigenvalue weighted by Crippen LogP contribution is -2.43. The monoisotopic (exact) mass is 291 g/mol. The van der Waals surface area contributed by atoms with Crippen molar-refractivity contribution in [1.29, 1.82) is 0 Å². The van der Waals surface area contributed by atoms with Crippen molar-refractivity contribution < 1.29 is 14.0 Å². The number of benzene rings is 1. The Kier molecular flexibility index (Phi) is 3.31. The zero-order valence-electron chi connectivity index (χ0n) is 11.7. The van der Waals surface area contributed by atoms with Crippen LogP contribution in [0.4, 0.5) is 15.8 Å². The Morgan fingerprint density at radius 1 is 1.29 bits per heavy atom. The number of imide groups is 1. The van der Waals surface area contributed by atoms with Gasteiger partial charge in [0.1, 0.15) is 5.82 Å². The zero-order chi connectivity index (χ0) is 15.0. The lowest BCUT2D eigenvalue weighted by atomic mass is 9.82. The summed E-state index contributed by atoms with van der Waals surface area (Å²) in [5, 5.41) is 2.45. The molecule has 2 heterocycles. The van der Waals surface area contributed by atoms with Crippen LogP contribution in [0.15, 0.2) is 18.2 Å². The van der Waals surface area contributed by atoms with Crippen molar-refractivity contribution in [2.24, 2.45) is 5.41 Å². The lowest BCUT2D eigenvalue weighted by molar-refractivity contribution is -0.134. The first-order valence-corrected chi connectivity index (χ1v) is 7.14. The van der Waals surface area contributed by atoms with Gasteiger partial charge in [-0.05, 0) is 37.5 Å². The Bertz CT molecular complexity index is 605. The number of nitrogens with two attached hydrogens (primary N) is 1. The minimum Gasteiger partial charge on any atom is -0.399 e. The molecule has 1 aromatic rings. The first-order chi connectivity index (χ1) is 10.00. The second-order valence-corrected chi connectivity index (χ2v) is 5.89. The molecule has 1 atom stereocenters. The van der Waals surface area contributed by atoms with Crippen molar-refractivity contribution in [2.45, 2.75) is 25.7 Å². The van der Waals surface area contributed by atoms with E-state index in [9.17, 15) is 14.0 Å². The van der Waals surface area contributed by atoms with E-state index in [-0.39, 0.29) is 17.6 Å². The second kappa shape index (κ2) is 5.02. The molecule has 0 radical (unpaired) electrons. The molecule has 1 unspecified atom stereocenters. The Morgan fingerprint density at radius 3 is 2.86 bits per heavy atom. The van der Waals surface area contributed by atoms with Crippen molar-refractivity contribution in [3.8, 4) is 0 Å². The maximum atomic E-state index is 14.0. The Labute approximate surface area is 122 Å². The van der Waals surface area contributed by atoms with E-state index in [0.29, 0.717) is 50.1 Å². The zero-order valence-corrected chi connectivity index (χ0v) is 11.7. The van der Waals surface area contributed by atoms with Gasteiger partial charge in [0.25, 0.3) is 0 Å². The van der Waals surface area contributed by atoms with Gasteiger partial charge in [0.05, 0.1) is 11.1 Å². The third kappa shape index (κ3) is 2.46. The van der Waals surface area contributed by atoms with Gasteiger partial charge >= 0.3 is 0 Å². The molecule has 0 aromatic heterocycles. The highest BCUT2D eigenvalue weighted by atomic mass is 19.1. The van der Waals surface area contributed by atoms with Crippen LogP contribution in [0, 0.1) is 11.2 Å². The Balaban J connectivity index is 1.84. The molecule has 2 aliphatic heterocycles. The summed E-state index contributed by atoms with van der Waals surface area (Å²) in [6.07, 6.45) is 2.37. The number of anilines is 2. The molecule has 2 saturated heterocycles. The summed E-state index contributed by atoms with van der Waals surface area (Å²) < 4.78 is 14.0. The number of amides is 2. The number of hydrogen-bond donors (Lipinski definition) is 2. The van der Waals surface area contributed by atoms with Crippen LogP contribution in [0.25, 0.3) is 0 Å².